The van der Waals surface area contributed by atoms with Crippen LogP contribution in [0, 0.1) is 0 Å². The summed E-state index contributed by atoms with van der Waals surface area (Å²) >= 11 is 6.87. The Labute approximate surface area is 204 Å². The topological polar surface area (TPSA) is 78.8 Å². The lowest BCUT2D eigenvalue weighted by molar-refractivity contribution is -0.144. The highest BCUT2D eigenvalue weighted by Crippen LogP contribution is 2.40. The number of carbonyl (C=O) groups is 1. The van der Waals surface area contributed by atoms with Crippen molar-refractivity contribution in [2.24, 2.45) is 0 Å². The number of ether oxygens (including phenoxy) is 1. The van der Waals surface area contributed by atoms with Crippen LogP contribution in [0.4, 0.5) is 5.69 Å². The van der Waals surface area contributed by atoms with Crippen LogP contribution < -0.4 is 9.64 Å². The lowest BCUT2D eigenvalue weighted by Gasteiger charge is -2.32. The van der Waals surface area contributed by atoms with Crippen LogP contribution in [0.2, 0.25) is 5.02 Å². The summed E-state index contributed by atoms with van der Waals surface area (Å²) in [6, 6.07) is 15.7. The van der Waals surface area contributed by atoms with Crippen LogP contribution in [-0.2, 0) is 24.4 Å². The normalized spacial score (nSPS) is 18.1. The molecule has 1 aromatic heterocycles. The van der Waals surface area contributed by atoms with Crippen LogP contribution in [-0.4, -0.2) is 45.6 Å². The molecule has 2 aliphatic rings. The second-order valence-corrected chi connectivity index (χ2v) is 9.13. The standard InChI is InChI=1S/C26H27ClN4O3/c1-34-25-19-14-31(21-12-7-10-18(24(21)27)17-8-3-2-4-9-17)15-20(19)28-23(29-25)16-30-13-6-5-11-22(30)26(32)33/h2-4,7-10,12,22H,5-6,11,13-16H2,1H3,(H,32,33). The van der Waals surface area contributed by atoms with Gasteiger partial charge in [-0.2, -0.15) is 4.98 Å². The van der Waals surface area contributed by atoms with Gasteiger partial charge in [-0.1, -0.05) is 60.5 Å². The molecule has 0 aliphatic carbocycles. The molecule has 7 nitrogen and oxygen atoms in total. The summed E-state index contributed by atoms with van der Waals surface area (Å²) in [5, 5.41) is 10.3. The van der Waals surface area contributed by atoms with Gasteiger partial charge in [0, 0.05) is 5.56 Å². The number of likely N-dealkylation sites (tertiary alicyclic amines) is 1. The van der Waals surface area contributed by atoms with Gasteiger partial charge in [0.1, 0.15) is 11.9 Å². The van der Waals surface area contributed by atoms with Crippen LogP contribution >= 0.6 is 11.6 Å². The zero-order chi connectivity index (χ0) is 23.7. The van der Waals surface area contributed by atoms with Gasteiger partial charge in [-0.25, -0.2) is 4.98 Å². The van der Waals surface area contributed by atoms with Gasteiger partial charge in [-0.15, -0.1) is 0 Å². The first kappa shape index (κ1) is 22.6. The average molecular weight is 479 g/mol. The predicted molar refractivity (Wildman–Crippen MR) is 131 cm³/mol. The lowest BCUT2D eigenvalue weighted by atomic mass is 10.0. The first-order valence-electron chi connectivity index (χ1n) is 11.5. The van der Waals surface area contributed by atoms with Gasteiger partial charge in [-0.05, 0) is 31.0 Å². The number of anilines is 1. The molecule has 1 unspecified atom stereocenters. The SMILES string of the molecule is COc1nc(CN2CCCCC2C(=O)O)nc2c1CN(c1cccc(-c3ccccc3)c1Cl)C2. The van der Waals surface area contributed by atoms with E-state index in [4.69, 9.17) is 21.3 Å². The molecule has 1 N–H and O–H groups in total. The Hall–Kier alpha value is -3.16. The zero-order valence-corrected chi connectivity index (χ0v) is 19.8. The van der Waals surface area contributed by atoms with Gasteiger partial charge in [0.15, 0.2) is 0 Å². The molecular formula is C26H27ClN4O3. The summed E-state index contributed by atoms with van der Waals surface area (Å²) in [7, 11) is 1.61. The van der Waals surface area contributed by atoms with E-state index in [9.17, 15) is 9.90 Å². The quantitative estimate of drug-likeness (QED) is 0.547. The third-order valence-electron chi connectivity index (χ3n) is 6.63. The molecule has 176 valence electrons. The fourth-order valence-electron chi connectivity index (χ4n) is 4.93. The zero-order valence-electron chi connectivity index (χ0n) is 19.1. The number of carboxylic acid groups (broad SMARTS) is 1. The Morgan fingerprint density at radius 2 is 1.94 bits per heavy atom. The molecule has 34 heavy (non-hydrogen) atoms. The van der Waals surface area contributed by atoms with Crippen molar-refractivity contribution < 1.29 is 14.6 Å². The van der Waals surface area contributed by atoms with Crippen LogP contribution in [0.3, 0.4) is 0 Å². The van der Waals surface area contributed by atoms with E-state index in [1.807, 2.05) is 41.3 Å². The summed E-state index contributed by atoms with van der Waals surface area (Å²) in [6.45, 7) is 2.30. The van der Waals surface area contributed by atoms with Crippen molar-refractivity contribution in [3.05, 3.63) is 70.6 Å². The number of benzene rings is 2. The number of fused-ring (bicyclic) bond motifs is 1. The van der Waals surface area contributed by atoms with Crippen molar-refractivity contribution in [3.63, 3.8) is 0 Å². The van der Waals surface area contributed by atoms with E-state index >= 15 is 0 Å². The second-order valence-electron chi connectivity index (χ2n) is 8.76. The molecule has 3 aromatic rings. The molecule has 3 heterocycles. The Balaban J connectivity index is 1.42. The molecule has 2 aliphatic heterocycles. The van der Waals surface area contributed by atoms with Crippen molar-refractivity contribution in [3.8, 4) is 17.0 Å². The number of aromatic nitrogens is 2. The van der Waals surface area contributed by atoms with Gasteiger partial charge in [0.25, 0.3) is 0 Å². The van der Waals surface area contributed by atoms with Gasteiger partial charge < -0.3 is 14.7 Å². The molecule has 1 atom stereocenters. The predicted octanol–water partition coefficient (Wildman–Crippen LogP) is 4.76. The minimum atomic E-state index is -0.785. The molecule has 8 heteroatoms. The number of hydrogen-bond donors (Lipinski definition) is 1. The maximum Gasteiger partial charge on any atom is 0.320 e. The maximum atomic E-state index is 11.7. The van der Waals surface area contributed by atoms with Crippen molar-refractivity contribution in [2.45, 2.75) is 44.9 Å². The van der Waals surface area contributed by atoms with Crippen LogP contribution in [0.15, 0.2) is 48.5 Å². The number of nitrogens with zero attached hydrogens (tertiary/aromatic N) is 4. The molecule has 1 saturated heterocycles. The van der Waals surface area contributed by atoms with E-state index in [-0.39, 0.29) is 0 Å². The Morgan fingerprint density at radius 1 is 1.12 bits per heavy atom. The van der Waals surface area contributed by atoms with Crippen molar-refractivity contribution in [1.82, 2.24) is 14.9 Å². The third-order valence-corrected chi connectivity index (χ3v) is 7.03. The van der Waals surface area contributed by atoms with Gasteiger partial charge in [-0.3, -0.25) is 9.69 Å². The maximum absolute atomic E-state index is 11.7. The monoisotopic (exact) mass is 478 g/mol. The average Bonchev–Trinajstić information content (AvgIpc) is 3.28. The Bertz CT molecular complexity index is 1200. The van der Waals surface area contributed by atoms with E-state index in [1.165, 1.54) is 0 Å². The van der Waals surface area contributed by atoms with Crippen molar-refractivity contribution >= 4 is 23.3 Å². The molecule has 2 aromatic carbocycles. The first-order valence-corrected chi connectivity index (χ1v) is 11.9. The number of carboxylic acids is 1. The minimum Gasteiger partial charge on any atom is -0.481 e. The minimum absolute atomic E-state index is 0.394. The van der Waals surface area contributed by atoms with Crippen LogP contribution in [0.5, 0.6) is 5.88 Å². The number of methoxy groups -OCH3 is 1. The molecule has 1 fully saturated rings. The highest BCUT2D eigenvalue weighted by molar-refractivity contribution is 6.36. The van der Waals surface area contributed by atoms with E-state index in [0.717, 1.165) is 47.5 Å². The van der Waals surface area contributed by atoms with E-state index < -0.39 is 12.0 Å². The summed E-state index contributed by atoms with van der Waals surface area (Å²) in [5.74, 6) is 0.350. The van der Waals surface area contributed by atoms with Gasteiger partial charge in [0.05, 0.1) is 48.7 Å². The number of piperidine rings is 1. The molecule has 0 spiro atoms. The molecule has 0 radical (unpaired) electrons. The molecule has 0 saturated carbocycles. The Morgan fingerprint density at radius 3 is 2.71 bits per heavy atom. The second kappa shape index (κ2) is 9.60. The Kier molecular flexibility index (Phi) is 6.39. The lowest BCUT2D eigenvalue weighted by Crippen LogP contribution is -2.44. The highest BCUT2D eigenvalue weighted by atomic mass is 35.5. The fraction of sp³-hybridized carbons (Fsp3) is 0.346. The molecule has 5 rings (SSSR count). The molecular weight excluding hydrogens is 452 g/mol. The fourth-order valence-corrected chi connectivity index (χ4v) is 5.28. The van der Waals surface area contributed by atoms with Crippen LogP contribution in [0.25, 0.3) is 11.1 Å². The van der Waals surface area contributed by atoms with Gasteiger partial charge >= 0.3 is 5.97 Å². The molecule has 0 bridgehead atoms. The number of aliphatic carboxylic acids is 1. The highest BCUT2D eigenvalue weighted by Gasteiger charge is 2.31. The van der Waals surface area contributed by atoms with Crippen LogP contribution in [0.1, 0.15) is 36.3 Å². The van der Waals surface area contributed by atoms with E-state index in [0.29, 0.717) is 42.8 Å². The third kappa shape index (κ3) is 4.33. The smallest absolute Gasteiger partial charge is 0.320 e. The summed E-state index contributed by atoms with van der Waals surface area (Å²) in [6.07, 6.45) is 2.57. The summed E-state index contributed by atoms with van der Waals surface area (Å²) in [4.78, 5) is 25.3. The largest absolute Gasteiger partial charge is 0.481 e. The number of hydrogen-bond acceptors (Lipinski definition) is 6. The molecule has 0 amide bonds. The van der Waals surface area contributed by atoms with E-state index in [2.05, 4.69) is 22.0 Å². The number of halogens is 1. The summed E-state index contributed by atoms with van der Waals surface area (Å²) < 4.78 is 5.62. The van der Waals surface area contributed by atoms with Crippen molar-refractivity contribution in [1.29, 1.82) is 0 Å². The first-order chi connectivity index (χ1) is 16.5. The number of rotatable bonds is 6. The summed E-state index contributed by atoms with van der Waals surface area (Å²) in [5.41, 5.74) is 4.83. The van der Waals surface area contributed by atoms with Crippen molar-refractivity contribution in [2.75, 3.05) is 18.6 Å². The van der Waals surface area contributed by atoms with E-state index in [1.54, 1.807) is 7.11 Å². The van der Waals surface area contributed by atoms with Gasteiger partial charge in [0.2, 0.25) is 5.88 Å².